The zero-order valence-corrected chi connectivity index (χ0v) is 19.9. The molecule has 0 saturated heterocycles. The third-order valence-electron chi connectivity index (χ3n) is 9.40. The topological polar surface area (TPSA) is 69.6 Å². The van der Waals surface area contributed by atoms with Gasteiger partial charge in [0.15, 0.2) is 0 Å². The Kier molecular flexibility index (Phi) is 7.11. The van der Waals surface area contributed by atoms with E-state index in [4.69, 9.17) is 0 Å². The molecule has 0 radical (unpaired) electrons. The molecule has 3 aliphatic carbocycles. The van der Waals surface area contributed by atoms with Gasteiger partial charge in [-0.05, 0) is 105 Å². The van der Waals surface area contributed by atoms with E-state index >= 15 is 0 Å². The van der Waals surface area contributed by atoms with Crippen molar-refractivity contribution in [2.45, 2.75) is 71.3 Å². The first-order chi connectivity index (χ1) is 15.3. The van der Waals surface area contributed by atoms with E-state index in [1.165, 1.54) is 12.0 Å². The van der Waals surface area contributed by atoms with Gasteiger partial charge in [-0.25, -0.2) is 0 Å². The number of amides is 1. The van der Waals surface area contributed by atoms with Gasteiger partial charge in [-0.15, -0.1) is 0 Å². The van der Waals surface area contributed by atoms with E-state index in [1.54, 1.807) is 0 Å². The van der Waals surface area contributed by atoms with Crippen molar-refractivity contribution < 1.29 is 15.0 Å². The number of carbonyl (C=O) groups excluding carboxylic acids is 1. The van der Waals surface area contributed by atoms with Gasteiger partial charge in [0.2, 0.25) is 0 Å². The van der Waals surface area contributed by atoms with Crippen LogP contribution in [-0.4, -0.2) is 35.4 Å². The van der Waals surface area contributed by atoms with Crippen LogP contribution in [0, 0.1) is 41.9 Å². The summed E-state index contributed by atoms with van der Waals surface area (Å²) in [6.45, 7) is 9.72. The second kappa shape index (κ2) is 9.69. The van der Waals surface area contributed by atoms with Crippen molar-refractivity contribution in [1.29, 1.82) is 0 Å². The molecule has 0 aromatic heterocycles. The zero-order valence-electron chi connectivity index (χ0n) is 19.9. The van der Waals surface area contributed by atoms with E-state index in [-0.39, 0.29) is 24.0 Å². The number of allylic oxidation sites excluding steroid dienone is 1. The van der Waals surface area contributed by atoms with Crippen molar-refractivity contribution in [3.8, 4) is 0 Å². The molecule has 176 valence electrons. The maximum atomic E-state index is 13.0. The van der Waals surface area contributed by atoms with Crippen molar-refractivity contribution in [3.05, 3.63) is 47.5 Å². The standard InChI is InChI=1S/C28H41NO3/c1-18-6-4-5-7-22(18)27(32)29-17-25-24(12-14-28(3)19(2)8-11-26(25)28)23-10-9-21(31)16-20(23)13-15-30/h4-7,20-21,23-26,30-31H,2,8-17H2,1,3H3,(H,29,32)/t20-,21-,23+,24+,25+,26-,28+/m0/s1. The van der Waals surface area contributed by atoms with Crippen LogP contribution in [-0.2, 0) is 0 Å². The molecule has 4 heteroatoms. The van der Waals surface area contributed by atoms with Crippen molar-refractivity contribution in [2.75, 3.05) is 13.2 Å². The van der Waals surface area contributed by atoms with Gasteiger partial charge >= 0.3 is 0 Å². The number of benzene rings is 1. The lowest BCUT2D eigenvalue weighted by Crippen LogP contribution is -2.49. The number of hydrogen-bond donors (Lipinski definition) is 3. The van der Waals surface area contributed by atoms with Gasteiger partial charge in [0.25, 0.3) is 5.91 Å². The number of aliphatic hydroxyl groups excluding tert-OH is 2. The van der Waals surface area contributed by atoms with E-state index in [1.807, 2.05) is 31.2 Å². The molecule has 3 N–H and O–H groups in total. The Labute approximate surface area is 193 Å². The summed E-state index contributed by atoms with van der Waals surface area (Å²) in [4.78, 5) is 13.0. The number of aliphatic hydroxyl groups is 2. The maximum absolute atomic E-state index is 13.0. The molecule has 0 bridgehead atoms. The van der Waals surface area contributed by atoms with Crippen LogP contribution in [0.1, 0.15) is 74.2 Å². The smallest absolute Gasteiger partial charge is 0.251 e. The van der Waals surface area contributed by atoms with E-state index in [0.717, 1.165) is 56.1 Å². The number of nitrogens with one attached hydrogen (secondary N) is 1. The van der Waals surface area contributed by atoms with E-state index in [2.05, 4.69) is 18.8 Å². The number of fused-ring (bicyclic) bond motifs is 1. The van der Waals surface area contributed by atoms with Crippen LogP contribution in [0.3, 0.4) is 0 Å². The Morgan fingerprint density at radius 2 is 1.97 bits per heavy atom. The van der Waals surface area contributed by atoms with Gasteiger partial charge in [0.1, 0.15) is 0 Å². The van der Waals surface area contributed by atoms with Gasteiger partial charge in [0, 0.05) is 18.7 Å². The van der Waals surface area contributed by atoms with Crippen LogP contribution in [0.25, 0.3) is 0 Å². The SMILES string of the molecule is C=C1CC[C@H]2[C@H](CNC(=O)c3ccccc3C)[C@@H]([C@@H]3CC[C@H](O)C[C@@H]3CCO)CC[C@]12C. The minimum atomic E-state index is -0.234. The molecule has 4 nitrogen and oxygen atoms in total. The van der Waals surface area contributed by atoms with Crippen LogP contribution < -0.4 is 5.32 Å². The van der Waals surface area contributed by atoms with Crippen molar-refractivity contribution in [1.82, 2.24) is 5.32 Å². The maximum Gasteiger partial charge on any atom is 0.251 e. The van der Waals surface area contributed by atoms with Crippen LogP contribution in [0.5, 0.6) is 0 Å². The Hall–Kier alpha value is -1.65. The summed E-state index contributed by atoms with van der Waals surface area (Å²) in [5.41, 5.74) is 3.34. The molecule has 32 heavy (non-hydrogen) atoms. The molecule has 1 aromatic carbocycles. The number of aryl methyl sites for hydroxylation is 1. The predicted molar refractivity (Wildman–Crippen MR) is 128 cm³/mol. The van der Waals surface area contributed by atoms with Crippen LogP contribution >= 0.6 is 0 Å². The highest BCUT2D eigenvalue weighted by atomic mass is 16.3. The molecule has 1 amide bonds. The summed E-state index contributed by atoms with van der Waals surface area (Å²) in [6, 6.07) is 7.79. The summed E-state index contributed by atoms with van der Waals surface area (Å²) in [5, 5.41) is 23.3. The van der Waals surface area contributed by atoms with Crippen molar-refractivity contribution in [3.63, 3.8) is 0 Å². The van der Waals surface area contributed by atoms with Crippen LogP contribution in [0.2, 0.25) is 0 Å². The third-order valence-corrected chi connectivity index (χ3v) is 9.40. The average Bonchev–Trinajstić information content (AvgIpc) is 3.07. The quantitative estimate of drug-likeness (QED) is 0.553. The van der Waals surface area contributed by atoms with E-state index in [0.29, 0.717) is 36.1 Å². The molecule has 0 spiro atoms. The first-order valence-corrected chi connectivity index (χ1v) is 12.7. The average molecular weight is 440 g/mol. The molecule has 3 fully saturated rings. The van der Waals surface area contributed by atoms with Crippen LogP contribution in [0.4, 0.5) is 0 Å². The summed E-state index contributed by atoms with van der Waals surface area (Å²) >= 11 is 0. The Bertz CT molecular complexity index is 836. The molecule has 3 aliphatic rings. The Morgan fingerprint density at radius 3 is 2.72 bits per heavy atom. The minimum Gasteiger partial charge on any atom is -0.396 e. The van der Waals surface area contributed by atoms with E-state index < -0.39 is 0 Å². The van der Waals surface area contributed by atoms with Gasteiger partial charge in [-0.1, -0.05) is 37.3 Å². The molecule has 1 aromatic rings. The molecule has 7 atom stereocenters. The summed E-state index contributed by atoms with van der Waals surface area (Å²) in [7, 11) is 0. The van der Waals surface area contributed by atoms with E-state index in [9.17, 15) is 15.0 Å². The normalized spacial score (nSPS) is 37.2. The number of rotatable bonds is 6. The molecular weight excluding hydrogens is 398 g/mol. The summed E-state index contributed by atoms with van der Waals surface area (Å²) in [6.07, 6.45) is 7.82. The third kappa shape index (κ3) is 4.41. The predicted octanol–water partition coefficient (Wildman–Crippen LogP) is 4.88. The number of hydrogen-bond acceptors (Lipinski definition) is 3. The lowest BCUT2D eigenvalue weighted by molar-refractivity contribution is -0.0282. The highest BCUT2D eigenvalue weighted by molar-refractivity contribution is 5.95. The lowest BCUT2D eigenvalue weighted by Gasteiger charge is -2.52. The van der Waals surface area contributed by atoms with Gasteiger partial charge in [-0.2, -0.15) is 0 Å². The van der Waals surface area contributed by atoms with Crippen LogP contribution in [0.15, 0.2) is 36.4 Å². The van der Waals surface area contributed by atoms with Gasteiger partial charge < -0.3 is 15.5 Å². The first kappa shape index (κ1) is 23.5. The number of carbonyl (C=O) groups is 1. The zero-order chi connectivity index (χ0) is 22.9. The monoisotopic (exact) mass is 439 g/mol. The minimum absolute atomic E-state index is 0.0249. The molecular formula is C28H41NO3. The lowest BCUT2D eigenvalue weighted by atomic mass is 9.54. The second-order valence-corrected chi connectivity index (χ2v) is 11.0. The molecule has 0 heterocycles. The fourth-order valence-electron chi connectivity index (χ4n) is 7.51. The molecule has 4 rings (SSSR count). The fraction of sp³-hybridized carbons (Fsp3) is 0.679. The highest BCUT2D eigenvalue weighted by Crippen LogP contribution is 2.60. The second-order valence-electron chi connectivity index (χ2n) is 11.0. The largest absolute Gasteiger partial charge is 0.396 e. The Balaban J connectivity index is 1.57. The molecule has 3 saturated carbocycles. The fourth-order valence-corrected chi connectivity index (χ4v) is 7.51. The van der Waals surface area contributed by atoms with Gasteiger partial charge in [-0.3, -0.25) is 4.79 Å². The highest BCUT2D eigenvalue weighted by Gasteiger charge is 2.53. The first-order valence-electron chi connectivity index (χ1n) is 12.7. The molecule has 0 unspecified atom stereocenters. The summed E-state index contributed by atoms with van der Waals surface area (Å²) in [5.74, 6) is 2.41. The Morgan fingerprint density at radius 1 is 1.19 bits per heavy atom. The summed E-state index contributed by atoms with van der Waals surface area (Å²) < 4.78 is 0. The molecule has 0 aliphatic heterocycles. The van der Waals surface area contributed by atoms with Crippen molar-refractivity contribution >= 4 is 5.91 Å². The van der Waals surface area contributed by atoms with Crippen molar-refractivity contribution in [2.24, 2.45) is 35.0 Å². The van der Waals surface area contributed by atoms with Gasteiger partial charge in [0.05, 0.1) is 6.10 Å².